The highest BCUT2D eigenvalue weighted by atomic mass is 16.3. The van der Waals surface area contributed by atoms with Crippen molar-refractivity contribution in [3.8, 4) is 11.5 Å². The third-order valence-electron chi connectivity index (χ3n) is 5.48. The molecular weight excluding hydrogens is 372 g/mol. The highest BCUT2D eigenvalue weighted by Gasteiger charge is 2.31. The average molecular weight is 396 g/mol. The van der Waals surface area contributed by atoms with Crippen LogP contribution < -0.4 is 5.73 Å². The van der Waals surface area contributed by atoms with Crippen LogP contribution in [-0.2, 0) is 0 Å². The Morgan fingerprint density at radius 3 is 2.76 bits per heavy atom. The third kappa shape index (κ3) is 3.38. The minimum absolute atomic E-state index is 0.0193. The van der Waals surface area contributed by atoms with Crippen molar-refractivity contribution in [3.63, 3.8) is 0 Å². The summed E-state index contributed by atoms with van der Waals surface area (Å²) in [5.41, 5.74) is 6.53. The van der Waals surface area contributed by atoms with Crippen LogP contribution in [0.4, 0.5) is 0 Å². The molecule has 0 bridgehead atoms. The smallest absolute Gasteiger partial charge is 0.272 e. The summed E-state index contributed by atoms with van der Waals surface area (Å²) < 4.78 is 7.12. The zero-order chi connectivity index (χ0) is 20.7. The number of primary amides is 1. The number of aromatic nitrogens is 3. The molecule has 4 rings (SSSR count). The first-order chi connectivity index (χ1) is 13.9. The Labute approximate surface area is 168 Å². The van der Waals surface area contributed by atoms with Gasteiger partial charge in [0, 0.05) is 25.7 Å². The summed E-state index contributed by atoms with van der Waals surface area (Å²) in [6.07, 6.45) is 3.00. The maximum absolute atomic E-state index is 13.3. The summed E-state index contributed by atoms with van der Waals surface area (Å²) in [4.78, 5) is 37.7. The maximum Gasteiger partial charge on any atom is 0.272 e. The van der Waals surface area contributed by atoms with E-state index in [0.717, 1.165) is 6.54 Å². The number of furan rings is 1. The van der Waals surface area contributed by atoms with Gasteiger partial charge in [-0.25, -0.2) is 9.97 Å². The van der Waals surface area contributed by atoms with Gasteiger partial charge in [0.15, 0.2) is 17.1 Å². The molecule has 1 aliphatic rings. The van der Waals surface area contributed by atoms with Crippen molar-refractivity contribution in [1.82, 2.24) is 24.2 Å². The first kappa shape index (κ1) is 19.1. The number of amides is 2. The van der Waals surface area contributed by atoms with Crippen LogP contribution >= 0.6 is 0 Å². The average Bonchev–Trinajstić information content (AvgIpc) is 3.36. The molecule has 1 atom stereocenters. The van der Waals surface area contributed by atoms with Gasteiger partial charge < -0.3 is 15.1 Å². The number of carbonyl (C=O) groups is 2. The number of carbonyl (C=O) groups excluding carboxylic acids is 2. The summed E-state index contributed by atoms with van der Waals surface area (Å²) in [5.74, 6) is 0.0736. The lowest BCUT2D eigenvalue weighted by Crippen LogP contribution is -2.55. The number of likely N-dealkylation sites (N-methyl/N-ethyl adjacent to an activating group) is 1. The normalized spacial score (nSPS) is 17.9. The van der Waals surface area contributed by atoms with E-state index in [1.54, 1.807) is 28.9 Å². The Morgan fingerprint density at radius 2 is 2.10 bits per heavy atom. The van der Waals surface area contributed by atoms with Gasteiger partial charge in [-0.05, 0) is 31.2 Å². The summed E-state index contributed by atoms with van der Waals surface area (Å²) in [5, 5.41) is 0. The van der Waals surface area contributed by atoms with Gasteiger partial charge in [0.25, 0.3) is 11.8 Å². The van der Waals surface area contributed by atoms with Gasteiger partial charge in [-0.2, -0.15) is 0 Å². The monoisotopic (exact) mass is 396 g/mol. The number of hydrogen-bond acceptors (Lipinski definition) is 6. The second-order valence-electron chi connectivity index (χ2n) is 7.70. The van der Waals surface area contributed by atoms with Gasteiger partial charge in [0.1, 0.15) is 12.0 Å². The molecule has 29 heavy (non-hydrogen) atoms. The molecule has 0 aliphatic carbocycles. The number of rotatable bonds is 4. The predicted molar refractivity (Wildman–Crippen MR) is 106 cm³/mol. The van der Waals surface area contributed by atoms with E-state index in [4.69, 9.17) is 10.2 Å². The quantitative estimate of drug-likeness (QED) is 0.716. The zero-order valence-electron chi connectivity index (χ0n) is 16.7. The second-order valence-corrected chi connectivity index (χ2v) is 7.70. The third-order valence-corrected chi connectivity index (χ3v) is 5.48. The molecule has 2 N–H and O–H groups in total. The van der Waals surface area contributed by atoms with Crippen LogP contribution in [0.2, 0.25) is 0 Å². The molecule has 152 valence electrons. The van der Waals surface area contributed by atoms with E-state index in [0.29, 0.717) is 30.5 Å². The highest BCUT2D eigenvalue weighted by molar-refractivity contribution is 5.99. The van der Waals surface area contributed by atoms with E-state index in [9.17, 15) is 9.59 Å². The van der Waals surface area contributed by atoms with Crippen molar-refractivity contribution in [3.05, 3.63) is 42.2 Å². The van der Waals surface area contributed by atoms with E-state index >= 15 is 0 Å². The molecule has 9 heteroatoms. The summed E-state index contributed by atoms with van der Waals surface area (Å²) in [7, 11) is 2.08. The van der Waals surface area contributed by atoms with E-state index in [1.165, 1.54) is 6.33 Å². The SMILES string of the molecule is CC(C)C1CN(C(=O)c2cc(-c3ccco3)n3cnc(C(N)=O)c3n2)CCN1C. The fraction of sp³-hybridized carbons (Fsp3) is 0.400. The van der Waals surface area contributed by atoms with Crippen molar-refractivity contribution in [2.45, 2.75) is 19.9 Å². The van der Waals surface area contributed by atoms with Crippen molar-refractivity contribution in [2.75, 3.05) is 26.7 Å². The van der Waals surface area contributed by atoms with Crippen LogP contribution in [0.3, 0.4) is 0 Å². The Kier molecular flexibility index (Phi) is 4.83. The molecule has 3 aromatic heterocycles. The Balaban J connectivity index is 1.78. The summed E-state index contributed by atoms with van der Waals surface area (Å²) in [6, 6.07) is 5.47. The molecular formula is C20H24N6O3. The number of nitrogens with two attached hydrogens (primary N) is 1. The Bertz CT molecular complexity index is 1060. The van der Waals surface area contributed by atoms with Crippen LogP contribution in [0.25, 0.3) is 17.1 Å². The van der Waals surface area contributed by atoms with E-state index in [2.05, 4.69) is 35.8 Å². The minimum atomic E-state index is -0.700. The molecule has 9 nitrogen and oxygen atoms in total. The van der Waals surface area contributed by atoms with Crippen LogP contribution in [0, 0.1) is 5.92 Å². The molecule has 1 saturated heterocycles. The predicted octanol–water partition coefficient (Wildman–Crippen LogP) is 1.50. The number of nitrogens with zero attached hydrogens (tertiary/aromatic N) is 5. The lowest BCUT2D eigenvalue weighted by atomic mass is 10.00. The Morgan fingerprint density at radius 1 is 1.31 bits per heavy atom. The van der Waals surface area contributed by atoms with Gasteiger partial charge in [0.2, 0.25) is 0 Å². The minimum Gasteiger partial charge on any atom is -0.463 e. The van der Waals surface area contributed by atoms with Gasteiger partial charge in [-0.15, -0.1) is 0 Å². The van der Waals surface area contributed by atoms with E-state index in [1.807, 2.05) is 4.90 Å². The molecule has 0 saturated carbocycles. The van der Waals surface area contributed by atoms with Crippen molar-refractivity contribution >= 4 is 17.5 Å². The van der Waals surface area contributed by atoms with Crippen molar-refractivity contribution in [1.29, 1.82) is 0 Å². The molecule has 4 heterocycles. The van der Waals surface area contributed by atoms with Crippen LogP contribution in [-0.4, -0.2) is 68.7 Å². The molecule has 0 spiro atoms. The molecule has 0 radical (unpaired) electrons. The molecule has 0 aromatic carbocycles. The van der Waals surface area contributed by atoms with Crippen LogP contribution in [0.5, 0.6) is 0 Å². The molecule has 1 fully saturated rings. The first-order valence-corrected chi connectivity index (χ1v) is 9.58. The van der Waals surface area contributed by atoms with Crippen molar-refractivity contribution in [2.24, 2.45) is 11.7 Å². The largest absolute Gasteiger partial charge is 0.463 e. The lowest BCUT2D eigenvalue weighted by Gasteiger charge is -2.41. The molecule has 1 unspecified atom stereocenters. The van der Waals surface area contributed by atoms with Gasteiger partial charge in [-0.3, -0.25) is 18.9 Å². The second kappa shape index (κ2) is 7.32. The van der Waals surface area contributed by atoms with Crippen molar-refractivity contribution < 1.29 is 14.0 Å². The standard InChI is InChI=1S/C20H24N6O3/c1-12(2)15-10-25(7-6-24(15)3)20(28)13-9-14(16-5-4-8-29-16)26-11-22-17(18(21)27)19(26)23-13/h4-5,8-9,11-12,15H,6-7,10H2,1-3H3,(H2,21,27). The van der Waals surface area contributed by atoms with E-state index < -0.39 is 5.91 Å². The topological polar surface area (TPSA) is 110 Å². The van der Waals surface area contributed by atoms with Crippen LogP contribution in [0.15, 0.2) is 35.2 Å². The van der Waals surface area contributed by atoms with Gasteiger partial charge in [-0.1, -0.05) is 13.8 Å². The van der Waals surface area contributed by atoms with E-state index in [-0.39, 0.29) is 29.0 Å². The molecule has 2 amide bonds. The number of imidazole rings is 1. The van der Waals surface area contributed by atoms with Gasteiger partial charge >= 0.3 is 0 Å². The number of fused-ring (bicyclic) bond motifs is 1. The fourth-order valence-corrected chi connectivity index (χ4v) is 3.84. The Hall–Kier alpha value is -3.20. The first-order valence-electron chi connectivity index (χ1n) is 9.58. The fourth-order valence-electron chi connectivity index (χ4n) is 3.84. The maximum atomic E-state index is 13.3. The zero-order valence-corrected chi connectivity index (χ0v) is 16.7. The molecule has 1 aliphatic heterocycles. The summed E-state index contributed by atoms with van der Waals surface area (Å²) in [6.45, 7) is 6.34. The van der Waals surface area contributed by atoms with Gasteiger partial charge in [0.05, 0.1) is 12.0 Å². The van der Waals surface area contributed by atoms with Crippen LogP contribution in [0.1, 0.15) is 34.8 Å². The molecule has 3 aromatic rings. The highest BCUT2D eigenvalue weighted by Crippen LogP contribution is 2.25. The number of hydrogen-bond donors (Lipinski definition) is 1. The lowest BCUT2D eigenvalue weighted by molar-refractivity contribution is 0.0460. The summed E-state index contributed by atoms with van der Waals surface area (Å²) >= 11 is 0. The number of piperazine rings is 1.